The number of ether oxygens (including phenoxy) is 2. The van der Waals surface area contributed by atoms with Gasteiger partial charge < -0.3 is 14.4 Å². The van der Waals surface area contributed by atoms with Crippen LogP contribution in [-0.4, -0.2) is 41.4 Å². The third kappa shape index (κ3) is 3.35. The maximum absolute atomic E-state index is 12.8. The zero-order valence-corrected chi connectivity index (χ0v) is 15.9. The Labute approximate surface area is 155 Å². The van der Waals surface area contributed by atoms with E-state index in [2.05, 4.69) is 17.1 Å². The summed E-state index contributed by atoms with van der Waals surface area (Å²) in [5.74, 6) is 2.69. The molecule has 4 rings (SSSR count). The van der Waals surface area contributed by atoms with Gasteiger partial charge in [-0.2, -0.15) is 11.8 Å². The zero-order chi connectivity index (χ0) is 17.4. The number of nitrogens with zero attached hydrogens (tertiary/aromatic N) is 2. The molecule has 1 unspecified atom stereocenters. The summed E-state index contributed by atoms with van der Waals surface area (Å²) in [7, 11) is 0. The second kappa shape index (κ2) is 6.88. The van der Waals surface area contributed by atoms with Crippen LogP contribution in [-0.2, 0) is 0 Å². The van der Waals surface area contributed by atoms with Crippen LogP contribution in [0.3, 0.4) is 0 Å². The van der Waals surface area contributed by atoms with Gasteiger partial charge in [0.2, 0.25) is 6.79 Å². The molecule has 2 aromatic rings. The molecule has 1 aromatic carbocycles. The normalized spacial score (nSPS) is 19.8. The summed E-state index contributed by atoms with van der Waals surface area (Å²) in [5, 5.41) is 1.32. The number of fused-ring (bicyclic) bond motifs is 1. The lowest BCUT2D eigenvalue weighted by atomic mass is 10.1. The molecule has 1 aromatic heterocycles. The van der Waals surface area contributed by atoms with Crippen molar-refractivity contribution >= 4 is 29.0 Å². The Morgan fingerprint density at radius 2 is 2.08 bits per heavy atom. The Kier molecular flexibility index (Phi) is 4.60. The van der Waals surface area contributed by atoms with Gasteiger partial charge in [-0.05, 0) is 38.0 Å². The number of carbonyl (C=O) groups excluding carboxylic acids is 1. The van der Waals surface area contributed by atoms with Crippen molar-refractivity contribution < 1.29 is 14.3 Å². The molecule has 2 aliphatic heterocycles. The van der Waals surface area contributed by atoms with Crippen molar-refractivity contribution in [3.63, 3.8) is 0 Å². The first-order valence-electron chi connectivity index (χ1n) is 8.36. The van der Waals surface area contributed by atoms with E-state index in [0.29, 0.717) is 12.0 Å². The minimum absolute atomic E-state index is 0.120. The molecule has 1 atom stereocenters. The van der Waals surface area contributed by atoms with Crippen LogP contribution in [0, 0.1) is 13.8 Å². The van der Waals surface area contributed by atoms with E-state index in [9.17, 15) is 4.79 Å². The number of thiazole rings is 1. The Balaban J connectivity index is 1.47. The number of hydrogen-bond donors (Lipinski definition) is 0. The maximum Gasteiger partial charge on any atom is 0.265 e. The third-order valence-electron chi connectivity index (χ3n) is 4.49. The molecule has 1 amide bonds. The topological polar surface area (TPSA) is 51.7 Å². The summed E-state index contributed by atoms with van der Waals surface area (Å²) in [6.45, 7) is 5.70. The van der Waals surface area contributed by atoms with Crippen LogP contribution in [0.4, 0.5) is 0 Å². The van der Waals surface area contributed by atoms with Crippen LogP contribution in [0.15, 0.2) is 18.2 Å². The Hall–Kier alpha value is -1.73. The van der Waals surface area contributed by atoms with E-state index in [4.69, 9.17) is 9.47 Å². The highest BCUT2D eigenvalue weighted by atomic mass is 32.2. The molecule has 5 nitrogen and oxygen atoms in total. The van der Waals surface area contributed by atoms with Gasteiger partial charge in [0.25, 0.3) is 5.91 Å². The second-order valence-electron chi connectivity index (χ2n) is 6.20. The molecular formula is C18H20N2O3S2. The van der Waals surface area contributed by atoms with Gasteiger partial charge in [0.1, 0.15) is 4.88 Å². The molecule has 0 N–H and O–H groups in total. The molecule has 2 aliphatic rings. The molecule has 7 heteroatoms. The van der Waals surface area contributed by atoms with Crippen LogP contribution >= 0.6 is 23.1 Å². The number of benzene rings is 1. The minimum atomic E-state index is 0.120. The second-order valence-corrected chi connectivity index (χ2v) is 8.71. The van der Waals surface area contributed by atoms with E-state index in [1.807, 2.05) is 36.6 Å². The highest BCUT2D eigenvalue weighted by Gasteiger charge is 2.26. The van der Waals surface area contributed by atoms with Gasteiger partial charge in [-0.3, -0.25) is 4.79 Å². The van der Waals surface area contributed by atoms with Crippen molar-refractivity contribution in [3.05, 3.63) is 39.3 Å². The maximum atomic E-state index is 12.8. The fourth-order valence-corrected chi connectivity index (χ4v) is 5.34. The molecule has 0 spiro atoms. The lowest BCUT2D eigenvalue weighted by Crippen LogP contribution is -2.32. The zero-order valence-electron chi connectivity index (χ0n) is 14.3. The minimum Gasteiger partial charge on any atom is -0.454 e. The van der Waals surface area contributed by atoms with Gasteiger partial charge in [0, 0.05) is 24.1 Å². The molecule has 3 heterocycles. The van der Waals surface area contributed by atoms with E-state index in [0.717, 1.165) is 52.3 Å². The first kappa shape index (κ1) is 16.7. The van der Waals surface area contributed by atoms with E-state index < -0.39 is 0 Å². The van der Waals surface area contributed by atoms with Crippen molar-refractivity contribution in [3.8, 4) is 11.5 Å². The summed E-state index contributed by atoms with van der Waals surface area (Å²) >= 11 is 3.40. The fourth-order valence-electron chi connectivity index (χ4n) is 3.23. The SMILES string of the molecule is Cc1nc(C)c(C(=O)N2CCSC(c3ccc4c(c3)OCO4)CC2)s1. The molecule has 1 saturated heterocycles. The van der Waals surface area contributed by atoms with Crippen LogP contribution in [0.1, 0.15) is 37.6 Å². The molecule has 25 heavy (non-hydrogen) atoms. The quantitative estimate of drug-likeness (QED) is 0.798. The highest BCUT2D eigenvalue weighted by Crippen LogP contribution is 2.40. The Morgan fingerprint density at radius 3 is 2.88 bits per heavy atom. The average Bonchev–Trinajstić information content (AvgIpc) is 3.11. The van der Waals surface area contributed by atoms with Gasteiger partial charge in [-0.1, -0.05) is 6.07 Å². The van der Waals surface area contributed by atoms with Crippen molar-refractivity contribution in [2.75, 3.05) is 25.6 Å². The monoisotopic (exact) mass is 376 g/mol. The molecule has 132 valence electrons. The van der Waals surface area contributed by atoms with Crippen molar-refractivity contribution in [2.45, 2.75) is 25.5 Å². The number of aromatic nitrogens is 1. The lowest BCUT2D eigenvalue weighted by molar-refractivity contribution is 0.0770. The van der Waals surface area contributed by atoms with Crippen LogP contribution in [0.5, 0.6) is 11.5 Å². The number of carbonyl (C=O) groups is 1. The molecule has 0 aliphatic carbocycles. The molecule has 0 bridgehead atoms. The Morgan fingerprint density at radius 1 is 1.24 bits per heavy atom. The molecule has 0 radical (unpaired) electrons. The van der Waals surface area contributed by atoms with Gasteiger partial charge >= 0.3 is 0 Å². The van der Waals surface area contributed by atoms with E-state index in [-0.39, 0.29) is 5.91 Å². The standard InChI is InChI=1S/C18H20N2O3S2/c1-11-17(25-12(2)19-11)18(21)20-6-5-16(24-8-7-20)13-3-4-14-15(9-13)23-10-22-14/h3-4,9,16H,5-8,10H2,1-2H3. The van der Waals surface area contributed by atoms with Gasteiger partial charge in [0.05, 0.1) is 10.7 Å². The number of thioether (sulfide) groups is 1. The van der Waals surface area contributed by atoms with Crippen LogP contribution < -0.4 is 9.47 Å². The van der Waals surface area contributed by atoms with Crippen molar-refractivity contribution in [1.82, 2.24) is 9.88 Å². The lowest BCUT2D eigenvalue weighted by Gasteiger charge is -2.19. The first-order valence-corrected chi connectivity index (χ1v) is 10.2. The highest BCUT2D eigenvalue weighted by molar-refractivity contribution is 7.99. The summed E-state index contributed by atoms with van der Waals surface area (Å²) < 4.78 is 10.9. The van der Waals surface area contributed by atoms with Crippen LogP contribution in [0.2, 0.25) is 0 Å². The van der Waals surface area contributed by atoms with E-state index >= 15 is 0 Å². The number of hydrogen-bond acceptors (Lipinski definition) is 6. The average molecular weight is 377 g/mol. The summed E-state index contributed by atoms with van der Waals surface area (Å²) in [4.78, 5) is 20.0. The largest absolute Gasteiger partial charge is 0.454 e. The van der Waals surface area contributed by atoms with Gasteiger partial charge in [-0.15, -0.1) is 11.3 Å². The first-order chi connectivity index (χ1) is 12.1. The Bertz CT molecular complexity index is 806. The van der Waals surface area contributed by atoms with Crippen molar-refractivity contribution in [2.24, 2.45) is 0 Å². The fraction of sp³-hybridized carbons (Fsp3) is 0.444. The summed E-state index contributed by atoms with van der Waals surface area (Å²) in [6, 6.07) is 6.17. The van der Waals surface area contributed by atoms with Gasteiger partial charge in [-0.25, -0.2) is 4.98 Å². The number of aryl methyl sites for hydroxylation is 2. The molecular weight excluding hydrogens is 356 g/mol. The summed E-state index contributed by atoms with van der Waals surface area (Å²) in [5.41, 5.74) is 2.09. The molecule has 1 fully saturated rings. The number of amides is 1. The third-order valence-corrected chi connectivity index (χ3v) is 6.88. The number of rotatable bonds is 2. The predicted octanol–water partition coefficient (Wildman–Crippen LogP) is 3.81. The predicted molar refractivity (Wildman–Crippen MR) is 99.9 cm³/mol. The molecule has 0 saturated carbocycles. The van der Waals surface area contributed by atoms with Crippen molar-refractivity contribution in [1.29, 1.82) is 0 Å². The summed E-state index contributed by atoms with van der Waals surface area (Å²) in [6.07, 6.45) is 0.937. The smallest absolute Gasteiger partial charge is 0.265 e. The van der Waals surface area contributed by atoms with E-state index in [1.54, 1.807) is 0 Å². The van der Waals surface area contributed by atoms with E-state index in [1.165, 1.54) is 16.9 Å². The van der Waals surface area contributed by atoms with Gasteiger partial charge in [0.15, 0.2) is 11.5 Å². The van der Waals surface area contributed by atoms with Crippen LogP contribution in [0.25, 0.3) is 0 Å².